The lowest BCUT2D eigenvalue weighted by atomic mass is 10.1. The second kappa shape index (κ2) is 4.51. The van der Waals surface area contributed by atoms with Gasteiger partial charge in [-0.05, 0) is 30.2 Å². The van der Waals surface area contributed by atoms with Crippen molar-refractivity contribution in [3.8, 4) is 11.3 Å². The third kappa shape index (κ3) is 2.37. The van der Waals surface area contributed by atoms with Crippen LogP contribution in [0.2, 0.25) is 0 Å². The number of carbonyl (C=O) groups is 1. The topological polar surface area (TPSA) is 83.8 Å². The number of benzene rings is 1. The first kappa shape index (κ1) is 11.9. The van der Waals surface area contributed by atoms with Crippen molar-refractivity contribution in [2.24, 2.45) is 5.73 Å². The Kier molecular flexibility index (Phi) is 2.83. The van der Waals surface area contributed by atoms with Crippen molar-refractivity contribution in [3.63, 3.8) is 0 Å². The number of hydrogen-bond donors (Lipinski definition) is 3. The Morgan fingerprint density at radius 3 is 3.11 bits per heavy atom. The van der Waals surface area contributed by atoms with Crippen molar-refractivity contribution in [1.29, 1.82) is 0 Å². The molecule has 2 aromatic rings. The Hall–Kier alpha value is -2.14. The van der Waals surface area contributed by atoms with E-state index in [0.29, 0.717) is 6.42 Å². The Bertz CT molecular complexity index is 630. The average molecular weight is 256 g/mol. The summed E-state index contributed by atoms with van der Waals surface area (Å²) in [5, 5.41) is 2.83. The van der Waals surface area contributed by atoms with E-state index in [0.717, 1.165) is 34.8 Å². The van der Waals surface area contributed by atoms with Gasteiger partial charge in [0.2, 0.25) is 5.91 Å². The smallest absolute Gasteiger partial charge is 0.228 e. The lowest BCUT2D eigenvalue weighted by molar-refractivity contribution is -0.115. The Labute approximate surface area is 111 Å². The van der Waals surface area contributed by atoms with Gasteiger partial charge in [-0.1, -0.05) is 6.07 Å². The minimum Gasteiger partial charge on any atom is -0.342 e. The minimum absolute atomic E-state index is 0.0504. The molecule has 0 aliphatic carbocycles. The van der Waals surface area contributed by atoms with E-state index in [1.165, 1.54) is 0 Å². The third-order valence-corrected chi connectivity index (χ3v) is 3.19. The predicted molar refractivity (Wildman–Crippen MR) is 73.7 cm³/mol. The molecule has 0 bridgehead atoms. The predicted octanol–water partition coefficient (Wildman–Crippen LogP) is 1.46. The van der Waals surface area contributed by atoms with Crippen LogP contribution < -0.4 is 11.1 Å². The van der Waals surface area contributed by atoms with Gasteiger partial charge in [0.1, 0.15) is 5.82 Å². The molecule has 1 atom stereocenters. The molecule has 5 heteroatoms. The van der Waals surface area contributed by atoms with E-state index in [1.807, 2.05) is 31.3 Å². The fourth-order valence-corrected chi connectivity index (χ4v) is 2.31. The number of imidazole rings is 1. The molecule has 1 amide bonds. The largest absolute Gasteiger partial charge is 0.342 e. The molecule has 1 aliphatic heterocycles. The molecule has 0 fully saturated rings. The third-order valence-electron chi connectivity index (χ3n) is 3.19. The molecule has 2 heterocycles. The number of nitrogens with one attached hydrogen (secondary N) is 2. The first-order chi connectivity index (χ1) is 9.11. The zero-order chi connectivity index (χ0) is 13.4. The van der Waals surface area contributed by atoms with Gasteiger partial charge in [-0.25, -0.2) is 4.98 Å². The minimum atomic E-state index is 0.0504. The summed E-state index contributed by atoms with van der Waals surface area (Å²) in [6, 6.07) is 6.02. The van der Waals surface area contributed by atoms with Crippen LogP contribution in [0.5, 0.6) is 0 Å². The molecule has 3 rings (SSSR count). The molecular weight excluding hydrogens is 240 g/mol. The second-order valence-corrected chi connectivity index (χ2v) is 5.02. The fraction of sp³-hybridized carbons (Fsp3) is 0.286. The van der Waals surface area contributed by atoms with Crippen molar-refractivity contribution in [3.05, 3.63) is 35.8 Å². The van der Waals surface area contributed by atoms with Crippen LogP contribution in [-0.4, -0.2) is 21.9 Å². The maximum atomic E-state index is 11.3. The van der Waals surface area contributed by atoms with Gasteiger partial charge in [0.25, 0.3) is 0 Å². The summed E-state index contributed by atoms with van der Waals surface area (Å²) in [6.45, 7) is 1.95. The molecule has 0 saturated heterocycles. The standard InChI is InChI=1S/C14H16N4O/c1-8(15)4-13-16-7-12(17-13)9-2-3-11-10(5-9)6-14(19)18-11/h2-3,5,7-8H,4,6,15H2,1H3,(H,16,17)(H,18,19). The molecule has 0 radical (unpaired) electrons. The second-order valence-electron chi connectivity index (χ2n) is 5.02. The van der Waals surface area contributed by atoms with E-state index in [1.54, 1.807) is 0 Å². The first-order valence-corrected chi connectivity index (χ1v) is 6.34. The molecule has 98 valence electrons. The first-order valence-electron chi connectivity index (χ1n) is 6.34. The van der Waals surface area contributed by atoms with Crippen molar-refractivity contribution < 1.29 is 4.79 Å². The summed E-state index contributed by atoms with van der Waals surface area (Å²) in [4.78, 5) is 18.9. The van der Waals surface area contributed by atoms with Crippen LogP contribution in [0.1, 0.15) is 18.3 Å². The summed E-state index contributed by atoms with van der Waals surface area (Å²) < 4.78 is 0. The molecule has 5 nitrogen and oxygen atoms in total. The van der Waals surface area contributed by atoms with Crippen LogP contribution in [0.25, 0.3) is 11.3 Å². The molecule has 1 aromatic carbocycles. The van der Waals surface area contributed by atoms with Gasteiger partial charge in [-0.3, -0.25) is 4.79 Å². The molecule has 1 unspecified atom stereocenters. The maximum absolute atomic E-state index is 11.3. The fourth-order valence-electron chi connectivity index (χ4n) is 2.31. The van der Waals surface area contributed by atoms with Gasteiger partial charge in [0.15, 0.2) is 0 Å². The molecular formula is C14H16N4O. The molecule has 4 N–H and O–H groups in total. The molecule has 1 aliphatic rings. The van der Waals surface area contributed by atoms with Crippen LogP contribution in [0.4, 0.5) is 5.69 Å². The Balaban J connectivity index is 1.89. The van der Waals surface area contributed by atoms with Crippen LogP contribution in [0.15, 0.2) is 24.4 Å². The Morgan fingerprint density at radius 2 is 2.32 bits per heavy atom. The molecule has 1 aromatic heterocycles. The number of aromatic amines is 1. The highest BCUT2D eigenvalue weighted by atomic mass is 16.1. The number of H-pyrrole nitrogens is 1. The number of fused-ring (bicyclic) bond motifs is 1. The lowest BCUT2D eigenvalue weighted by Gasteiger charge is -2.03. The normalized spacial score (nSPS) is 15.2. The highest BCUT2D eigenvalue weighted by Crippen LogP contribution is 2.28. The number of rotatable bonds is 3. The average Bonchev–Trinajstić information content (AvgIpc) is 2.92. The molecule has 0 spiro atoms. The van der Waals surface area contributed by atoms with Crippen LogP contribution in [0.3, 0.4) is 0 Å². The summed E-state index contributed by atoms with van der Waals surface area (Å²) in [6.07, 6.45) is 2.98. The van der Waals surface area contributed by atoms with Gasteiger partial charge in [0.05, 0.1) is 18.3 Å². The van der Waals surface area contributed by atoms with Gasteiger partial charge >= 0.3 is 0 Å². The van der Waals surface area contributed by atoms with E-state index in [-0.39, 0.29) is 11.9 Å². The van der Waals surface area contributed by atoms with E-state index < -0.39 is 0 Å². The summed E-state index contributed by atoms with van der Waals surface area (Å²) in [7, 11) is 0. The number of nitrogens with zero attached hydrogens (tertiary/aromatic N) is 1. The summed E-state index contributed by atoms with van der Waals surface area (Å²) >= 11 is 0. The van der Waals surface area contributed by atoms with Crippen molar-refractivity contribution in [1.82, 2.24) is 9.97 Å². The number of nitrogens with two attached hydrogens (primary N) is 1. The van der Waals surface area contributed by atoms with Crippen LogP contribution >= 0.6 is 0 Å². The van der Waals surface area contributed by atoms with Gasteiger partial charge in [0, 0.05) is 18.2 Å². The number of aromatic nitrogens is 2. The van der Waals surface area contributed by atoms with Gasteiger partial charge in [-0.15, -0.1) is 0 Å². The number of anilines is 1. The van der Waals surface area contributed by atoms with E-state index in [4.69, 9.17) is 5.73 Å². The number of amides is 1. The lowest BCUT2D eigenvalue weighted by Crippen LogP contribution is -2.18. The van der Waals surface area contributed by atoms with Gasteiger partial charge in [-0.2, -0.15) is 0 Å². The zero-order valence-electron chi connectivity index (χ0n) is 10.7. The van der Waals surface area contributed by atoms with E-state index in [2.05, 4.69) is 15.3 Å². The zero-order valence-corrected chi connectivity index (χ0v) is 10.7. The van der Waals surface area contributed by atoms with E-state index in [9.17, 15) is 4.79 Å². The van der Waals surface area contributed by atoms with Crippen LogP contribution in [-0.2, 0) is 17.6 Å². The van der Waals surface area contributed by atoms with Gasteiger partial charge < -0.3 is 16.0 Å². The summed E-state index contributed by atoms with van der Waals surface area (Å²) in [5.41, 5.74) is 9.69. The van der Waals surface area contributed by atoms with E-state index >= 15 is 0 Å². The van der Waals surface area contributed by atoms with Crippen LogP contribution in [0, 0.1) is 0 Å². The van der Waals surface area contributed by atoms with Crippen molar-refractivity contribution >= 4 is 11.6 Å². The molecule has 19 heavy (non-hydrogen) atoms. The maximum Gasteiger partial charge on any atom is 0.228 e. The highest BCUT2D eigenvalue weighted by Gasteiger charge is 2.18. The molecule has 0 saturated carbocycles. The summed E-state index contributed by atoms with van der Waals surface area (Å²) in [5.74, 6) is 0.939. The van der Waals surface area contributed by atoms with Crippen molar-refractivity contribution in [2.75, 3.05) is 5.32 Å². The Morgan fingerprint density at radius 1 is 1.47 bits per heavy atom. The number of hydrogen-bond acceptors (Lipinski definition) is 3. The SMILES string of the molecule is CC(N)Cc1ncc(-c2ccc3c(c2)CC(=O)N3)[nH]1. The quantitative estimate of drug-likeness (QED) is 0.777. The monoisotopic (exact) mass is 256 g/mol. The highest BCUT2D eigenvalue weighted by molar-refractivity contribution is 5.99. The van der Waals surface area contributed by atoms with Crippen molar-refractivity contribution in [2.45, 2.75) is 25.8 Å². The number of carbonyl (C=O) groups excluding carboxylic acids is 1.